The van der Waals surface area contributed by atoms with E-state index in [2.05, 4.69) is 15.3 Å². The number of hydrogen-bond acceptors (Lipinski definition) is 9. The fraction of sp³-hybridized carbons (Fsp3) is 0.450. The van der Waals surface area contributed by atoms with Crippen LogP contribution in [0.1, 0.15) is 35.0 Å². The van der Waals surface area contributed by atoms with Gasteiger partial charge in [0.2, 0.25) is 5.95 Å². The number of nitrogens with zero attached hydrogens (tertiary/aromatic N) is 3. The largest absolute Gasteiger partial charge is 0.462 e. The highest BCUT2D eigenvalue weighted by atomic mass is 32.1. The molecule has 2 aromatic heterocycles. The normalized spacial score (nSPS) is 14.3. The second-order valence-corrected chi connectivity index (χ2v) is 7.86. The third-order valence-corrected chi connectivity index (χ3v) is 5.78. The lowest BCUT2D eigenvalue weighted by Gasteiger charge is -2.30. The number of aromatic nitrogens is 2. The van der Waals surface area contributed by atoms with Crippen molar-refractivity contribution < 1.29 is 23.9 Å². The molecule has 0 aliphatic carbocycles. The molecule has 0 saturated carbocycles. The van der Waals surface area contributed by atoms with Crippen LogP contribution in [-0.2, 0) is 19.1 Å². The first-order valence-electron chi connectivity index (χ1n) is 9.74. The number of esters is 2. The van der Waals surface area contributed by atoms with Crippen LogP contribution in [0, 0.1) is 12.8 Å². The highest BCUT2D eigenvalue weighted by Crippen LogP contribution is 2.27. The molecule has 0 spiro atoms. The smallest absolute Gasteiger partial charge is 0.348 e. The van der Waals surface area contributed by atoms with E-state index in [4.69, 9.17) is 9.47 Å². The van der Waals surface area contributed by atoms with Crippen LogP contribution in [0.15, 0.2) is 24.5 Å². The van der Waals surface area contributed by atoms with Gasteiger partial charge in [0.1, 0.15) is 4.88 Å². The summed E-state index contributed by atoms with van der Waals surface area (Å²) < 4.78 is 10.2. The monoisotopic (exact) mass is 432 g/mol. The second-order valence-electron chi connectivity index (χ2n) is 6.81. The molecule has 10 heteroatoms. The predicted octanol–water partition coefficient (Wildman–Crippen LogP) is 2.42. The lowest BCUT2D eigenvalue weighted by atomic mass is 9.97. The minimum atomic E-state index is -0.449. The van der Waals surface area contributed by atoms with Gasteiger partial charge >= 0.3 is 11.9 Å². The van der Waals surface area contributed by atoms with Crippen molar-refractivity contribution in [3.05, 3.63) is 35.0 Å². The van der Waals surface area contributed by atoms with Crippen molar-refractivity contribution in [3.63, 3.8) is 0 Å². The lowest BCUT2D eigenvalue weighted by molar-refractivity contribution is -0.152. The number of nitrogens with one attached hydrogen (secondary N) is 1. The zero-order valence-electron chi connectivity index (χ0n) is 16.9. The summed E-state index contributed by atoms with van der Waals surface area (Å²) in [6, 6.07) is 3.45. The van der Waals surface area contributed by atoms with E-state index in [1.165, 1.54) is 0 Å². The van der Waals surface area contributed by atoms with E-state index in [0.717, 1.165) is 16.9 Å². The maximum absolute atomic E-state index is 12.3. The third-order valence-electron chi connectivity index (χ3n) is 4.65. The van der Waals surface area contributed by atoms with Crippen LogP contribution in [0.25, 0.3) is 0 Å². The van der Waals surface area contributed by atoms with Crippen molar-refractivity contribution >= 4 is 40.1 Å². The van der Waals surface area contributed by atoms with Gasteiger partial charge in [0.05, 0.1) is 17.5 Å². The number of hydrogen-bond donors (Lipinski definition) is 1. The average Bonchev–Trinajstić information content (AvgIpc) is 3.13. The molecule has 0 atom stereocenters. The second kappa shape index (κ2) is 10.1. The summed E-state index contributed by atoms with van der Waals surface area (Å²) in [6.45, 7) is 4.72. The van der Waals surface area contributed by atoms with E-state index < -0.39 is 11.9 Å². The van der Waals surface area contributed by atoms with Gasteiger partial charge in [0.25, 0.3) is 5.91 Å². The lowest BCUT2D eigenvalue weighted by Crippen LogP contribution is -2.38. The zero-order chi connectivity index (χ0) is 21.5. The Bertz CT molecular complexity index is 894. The van der Waals surface area contributed by atoms with E-state index in [-0.39, 0.29) is 25.1 Å². The Morgan fingerprint density at radius 3 is 2.57 bits per heavy atom. The molecule has 9 nitrogen and oxygen atoms in total. The van der Waals surface area contributed by atoms with E-state index >= 15 is 0 Å². The molecule has 0 aromatic carbocycles. The van der Waals surface area contributed by atoms with Gasteiger partial charge in [-0.15, -0.1) is 11.3 Å². The van der Waals surface area contributed by atoms with Gasteiger partial charge < -0.3 is 19.7 Å². The van der Waals surface area contributed by atoms with Gasteiger partial charge in [-0.05, 0) is 44.4 Å². The van der Waals surface area contributed by atoms with E-state index in [0.29, 0.717) is 41.8 Å². The summed E-state index contributed by atoms with van der Waals surface area (Å²) in [6.07, 6.45) is 4.61. The van der Waals surface area contributed by atoms with E-state index in [9.17, 15) is 14.4 Å². The first kappa shape index (κ1) is 21.7. The van der Waals surface area contributed by atoms with Crippen LogP contribution >= 0.6 is 11.3 Å². The number of anilines is 2. The van der Waals surface area contributed by atoms with Gasteiger partial charge in [-0.1, -0.05) is 0 Å². The van der Waals surface area contributed by atoms with Crippen LogP contribution in [0.4, 0.5) is 10.9 Å². The van der Waals surface area contributed by atoms with E-state index in [1.54, 1.807) is 38.4 Å². The van der Waals surface area contributed by atoms with Crippen molar-refractivity contribution in [2.24, 2.45) is 5.92 Å². The first-order valence-corrected chi connectivity index (χ1v) is 10.6. The molecule has 1 aliphatic heterocycles. The summed E-state index contributed by atoms with van der Waals surface area (Å²) in [5, 5.41) is 3.16. The number of ether oxygens (including phenoxy) is 2. The molecular weight excluding hydrogens is 408 g/mol. The highest BCUT2D eigenvalue weighted by molar-refractivity contribution is 7.18. The van der Waals surface area contributed by atoms with Crippen molar-refractivity contribution in [1.29, 1.82) is 0 Å². The third kappa shape index (κ3) is 5.53. The summed E-state index contributed by atoms with van der Waals surface area (Å²) in [5.41, 5.74) is 0.722. The Balaban J connectivity index is 1.43. The molecule has 1 N–H and O–H groups in total. The van der Waals surface area contributed by atoms with Gasteiger partial charge in [0.15, 0.2) is 6.61 Å². The molecule has 160 valence electrons. The van der Waals surface area contributed by atoms with Crippen LogP contribution in [-0.4, -0.2) is 54.1 Å². The molecular formula is C20H24N4O5S. The topological polar surface area (TPSA) is 111 Å². The van der Waals surface area contributed by atoms with Crippen molar-refractivity contribution in [1.82, 2.24) is 9.97 Å². The number of carbonyl (C=O) groups excluding carboxylic acids is 3. The van der Waals surface area contributed by atoms with Crippen LogP contribution in [0.5, 0.6) is 0 Å². The van der Waals surface area contributed by atoms with Crippen molar-refractivity contribution in [2.75, 3.05) is 36.5 Å². The Labute approximate surface area is 178 Å². The standard InChI is InChI=1S/C20H24N4O5S/c1-3-28-19(27)17-13(2)11-16(30-17)23-15(25)12-29-18(26)14-5-9-24(10-6-14)20-21-7-4-8-22-20/h4,7-8,11,14H,3,5-6,9-10,12H2,1-2H3,(H,23,25). The molecule has 1 aliphatic rings. The SMILES string of the molecule is CCOC(=O)c1sc(NC(=O)COC(=O)C2CCN(c3ncccn3)CC2)cc1C. The maximum Gasteiger partial charge on any atom is 0.348 e. The van der Waals surface area contributed by atoms with Crippen LogP contribution < -0.4 is 10.2 Å². The number of aryl methyl sites for hydroxylation is 1. The number of rotatable bonds is 7. The predicted molar refractivity (Wildman–Crippen MR) is 112 cm³/mol. The summed E-state index contributed by atoms with van der Waals surface area (Å²) >= 11 is 1.13. The minimum absolute atomic E-state index is 0.253. The van der Waals surface area contributed by atoms with E-state index in [1.807, 2.05) is 4.90 Å². The van der Waals surface area contributed by atoms with Gasteiger partial charge in [0, 0.05) is 25.5 Å². The summed E-state index contributed by atoms with van der Waals surface area (Å²) in [4.78, 5) is 47.2. The molecule has 3 rings (SSSR count). The van der Waals surface area contributed by atoms with Crippen LogP contribution in [0.2, 0.25) is 0 Å². The molecule has 30 heavy (non-hydrogen) atoms. The molecule has 2 aromatic rings. The zero-order valence-corrected chi connectivity index (χ0v) is 17.7. The molecule has 3 heterocycles. The maximum atomic E-state index is 12.3. The average molecular weight is 433 g/mol. The molecule has 1 fully saturated rings. The molecule has 0 unspecified atom stereocenters. The van der Waals surface area contributed by atoms with Gasteiger partial charge in [-0.2, -0.15) is 0 Å². The Kier molecular flexibility index (Phi) is 7.34. The number of amides is 1. The fourth-order valence-electron chi connectivity index (χ4n) is 3.14. The molecule has 0 bridgehead atoms. The number of thiophene rings is 1. The fourth-order valence-corrected chi connectivity index (χ4v) is 4.12. The summed E-state index contributed by atoms with van der Waals surface area (Å²) in [7, 11) is 0. The molecule has 1 saturated heterocycles. The van der Waals surface area contributed by atoms with Crippen LogP contribution in [0.3, 0.4) is 0 Å². The minimum Gasteiger partial charge on any atom is -0.462 e. The Morgan fingerprint density at radius 1 is 1.20 bits per heavy atom. The quantitative estimate of drug-likeness (QED) is 0.664. The van der Waals surface area contributed by atoms with Gasteiger partial charge in [-0.25, -0.2) is 14.8 Å². The highest BCUT2D eigenvalue weighted by Gasteiger charge is 2.27. The first-order chi connectivity index (χ1) is 14.5. The molecule has 1 amide bonds. The Morgan fingerprint density at radius 2 is 1.90 bits per heavy atom. The van der Waals surface area contributed by atoms with Crippen molar-refractivity contribution in [3.8, 4) is 0 Å². The van der Waals surface area contributed by atoms with Crippen molar-refractivity contribution in [2.45, 2.75) is 26.7 Å². The Hall–Kier alpha value is -3.01. The molecule has 0 radical (unpaired) electrons. The number of carbonyl (C=O) groups is 3. The summed E-state index contributed by atoms with van der Waals surface area (Å²) in [5.74, 6) is -0.850. The van der Waals surface area contributed by atoms with Gasteiger partial charge in [-0.3, -0.25) is 9.59 Å². The number of piperidine rings is 1.